The molecule has 308 valence electrons. The monoisotopic (exact) mass is 746 g/mol. The number of hydrogen-bond acceptors (Lipinski definition) is 7. The molecule has 0 aromatic heterocycles. The van der Waals surface area contributed by atoms with Crippen molar-refractivity contribution in [3.8, 4) is 0 Å². The van der Waals surface area contributed by atoms with Gasteiger partial charge in [-0.2, -0.15) is 0 Å². The van der Waals surface area contributed by atoms with E-state index in [1.165, 1.54) is 128 Å². The number of carbonyl (C=O) groups is 3. The predicted molar refractivity (Wildman–Crippen MR) is 221 cm³/mol. The fourth-order valence-corrected chi connectivity index (χ4v) is 6.83. The summed E-state index contributed by atoms with van der Waals surface area (Å²) in [5.41, 5.74) is 0. The zero-order valence-corrected chi connectivity index (χ0v) is 34.7. The molecule has 0 saturated carbocycles. The lowest BCUT2D eigenvalue weighted by Gasteiger charge is -2.18. The van der Waals surface area contributed by atoms with Crippen molar-refractivity contribution in [1.82, 2.24) is 4.90 Å². The quantitative estimate of drug-likeness (QED) is 0.0205. The molecular formula is C46H83NO6. The van der Waals surface area contributed by atoms with Gasteiger partial charge in [0.1, 0.15) is 0 Å². The van der Waals surface area contributed by atoms with Gasteiger partial charge in [0.25, 0.3) is 6.10 Å². The summed E-state index contributed by atoms with van der Waals surface area (Å²) in [6.07, 6.45) is 43.8. The maximum absolute atomic E-state index is 12.9. The number of nitrogens with zero attached hydrogens (tertiary/aromatic N) is 1. The highest BCUT2D eigenvalue weighted by Crippen LogP contribution is 2.14. The zero-order valence-electron chi connectivity index (χ0n) is 34.7. The summed E-state index contributed by atoms with van der Waals surface area (Å²) in [6.45, 7) is 7.45. The van der Waals surface area contributed by atoms with Crippen LogP contribution in [0.1, 0.15) is 213 Å². The zero-order chi connectivity index (χ0) is 38.3. The highest BCUT2D eigenvalue weighted by Gasteiger charge is 2.34. The van der Waals surface area contributed by atoms with E-state index in [1.54, 1.807) is 0 Å². The van der Waals surface area contributed by atoms with Crippen LogP contribution in [0.25, 0.3) is 0 Å². The molecule has 0 aromatic rings. The molecule has 0 unspecified atom stereocenters. The number of ether oxygens (including phenoxy) is 3. The first kappa shape index (κ1) is 48.9. The van der Waals surface area contributed by atoms with Crippen molar-refractivity contribution in [1.29, 1.82) is 0 Å². The van der Waals surface area contributed by atoms with Gasteiger partial charge in [-0.25, -0.2) is 9.59 Å². The second-order valence-corrected chi connectivity index (χ2v) is 15.4. The Hall–Kier alpha value is -2.15. The Bertz CT molecular complexity index is 856. The molecule has 1 aliphatic heterocycles. The minimum Gasteiger partial charge on any atom is -0.462 e. The summed E-state index contributed by atoms with van der Waals surface area (Å²) in [5.74, 6) is -2.21. The summed E-state index contributed by atoms with van der Waals surface area (Å²) in [6, 6.07) is 0. The van der Waals surface area contributed by atoms with E-state index in [0.29, 0.717) is 6.54 Å². The molecule has 1 heterocycles. The second-order valence-electron chi connectivity index (χ2n) is 15.4. The largest absolute Gasteiger partial charge is 0.462 e. The van der Waals surface area contributed by atoms with Crippen LogP contribution in [0.5, 0.6) is 0 Å². The molecule has 0 atom stereocenters. The average Bonchev–Trinajstić information content (AvgIpc) is 3.69. The lowest BCUT2D eigenvalue weighted by atomic mass is 10.1. The summed E-state index contributed by atoms with van der Waals surface area (Å²) in [4.78, 5) is 40.6. The van der Waals surface area contributed by atoms with Gasteiger partial charge in [0.15, 0.2) is 0 Å². The van der Waals surface area contributed by atoms with Crippen LogP contribution in [-0.2, 0) is 28.6 Å². The van der Waals surface area contributed by atoms with E-state index in [0.717, 1.165) is 77.3 Å². The third-order valence-corrected chi connectivity index (χ3v) is 10.3. The number of esters is 3. The molecule has 1 aliphatic rings. The molecule has 1 saturated heterocycles. The van der Waals surface area contributed by atoms with Gasteiger partial charge in [0.05, 0.1) is 19.6 Å². The van der Waals surface area contributed by atoms with Crippen molar-refractivity contribution in [2.24, 2.45) is 0 Å². The standard InChI is InChI=1S/C46H83NO6/c1-3-5-7-9-11-13-15-17-19-21-23-25-27-29-31-35-41-51-45(49)44(53-43(48)37-40-47-38-33-34-39-47)46(50)52-42-36-32-30-28-26-24-22-20-18-16-14-12-10-8-6-4-2/h17-20,44H,3-16,21-42H2,1-2H3/b19-17-,20-18-. The smallest absolute Gasteiger partial charge is 0.359 e. The van der Waals surface area contributed by atoms with Gasteiger partial charge < -0.3 is 19.1 Å². The van der Waals surface area contributed by atoms with Gasteiger partial charge in [0, 0.05) is 6.54 Å². The molecule has 1 fully saturated rings. The summed E-state index contributed by atoms with van der Waals surface area (Å²) < 4.78 is 16.2. The van der Waals surface area contributed by atoms with Gasteiger partial charge in [-0.05, 0) is 90.1 Å². The van der Waals surface area contributed by atoms with Crippen LogP contribution in [0.4, 0.5) is 0 Å². The Morgan fingerprint density at radius 2 is 0.830 bits per heavy atom. The molecule has 0 N–H and O–H groups in total. The number of carbonyl (C=O) groups excluding carboxylic acids is 3. The fourth-order valence-electron chi connectivity index (χ4n) is 6.83. The predicted octanol–water partition coefficient (Wildman–Crippen LogP) is 12.5. The third kappa shape index (κ3) is 31.9. The topological polar surface area (TPSA) is 82.1 Å². The number of likely N-dealkylation sites (tertiary alicyclic amines) is 1. The average molecular weight is 746 g/mol. The highest BCUT2D eigenvalue weighted by molar-refractivity contribution is 5.99. The summed E-state index contributed by atoms with van der Waals surface area (Å²) in [7, 11) is 0. The van der Waals surface area contributed by atoms with Crippen LogP contribution in [0.3, 0.4) is 0 Å². The first-order chi connectivity index (χ1) is 26.1. The molecule has 0 amide bonds. The third-order valence-electron chi connectivity index (χ3n) is 10.3. The molecule has 0 spiro atoms. The molecule has 0 aromatic carbocycles. The number of unbranched alkanes of at least 4 members (excludes halogenated alkanes) is 24. The molecule has 7 nitrogen and oxygen atoms in total. The maximum Gasteiger partial charge on any atom is 0.359 e. The highest BCUT2D eigenvalue weighted by atomic mass is 16.6. The van der Waals surface area contributed by atoms with Crippen molar-refractivity contribution in [3.05, 3.63) is 24.3 Å². The minimum atomic E-state index is -1.65. The fraction of sp³-hybridized carbons (Fsp3) is 0.848. The lowest BCUT2D eigenvalue weighted by Crippen LogP contribution is -2.38. The molecule has 0 radical (unpaired) electrons. The van der Waals surface area contributed by atoms with Crippen molar-refractivity contribution in [3.63, 3.8) is 0 Å². The van der Waals surface area contributed by atoms with Gasteiger partial charge in [-0.1, -0.05) is 154 Å². The number of allylic oxidation sites excluding steroid dienone is 4. The molecule has 1 rings (SSSR count). The normalized spacial score (nSPS) is 13.5. The Morgan fingerprint density at radius 3 is 1.21 bits per heavy atom. The van der Waals surface area contributed by atoms with E-state index in [-0.39, 0.29) is 19.6 Å². The van der Waals surface area contributed by atoms with Crippen LogP contribution >= 0.6 is 0 Å². The molecule has 0 bridgehead atoms. The van der Waals surface area contributed by atoms with E-state index in [2.05, 4.69) is 43.1 Å². The van der Waals surface area contributed by atoms with E-state index in [1.807, 2.05) is 0 Å². The van der Waals surface area contributed by atoms with E-state index in [9.17, 15) is 14.4 Å². The van der Waals surface area contributed by atoms with E-state index >= 15 is 0 Å². The van der Waals surface area contributed by atoms with E-state index in [4.69, 9.17) is 14.2 Å². The van der Waals surface area contributed by atoms with Gasteiger partial charge in [-0.15, -0.1) is 0 Å². The molecule has 53 heavy (non-hydrogen) atoms. The Labute approximate surface area is 326 Å². The minimum absolute atomic E-state index is 0.140. The summed E-state index contributed by atoms with van der Waals surface area (Å²) in [5, 5.41) is 0. The number of rotatable bonds is 38. The first-order valence-corrected chi connectivity index (χ1v) is 22.6. The Balaban J connectivity index is 2.20. The van der Waals surface area contributed by atoms with Crippen molar-refractivity contribution in [2.45, 2.75) is 219 Å². The maximum atomic E-state index is 12.9. The molecule has 7 heteroatoms. The van der Waals surface area contributed by atoms with Gasteiger partial charge in [0.2, 0.25) is 0 Å². The number of hydrogen-bond donors (Lipinski definition) is 0. The molecular weight excluding hydrogens is 663 g/mol. The van der Waals surface area contributed by atoms with E-state index < -0.39 is 24.0 Å². The van der Waals surface area contributed by atoms with Crippen LogP contribution in [-0.4, -0.2) is 61.8 Å². The Morgan fingerprint density at radius 1 is 0.491 bits per heavy atom. The van der Waals surface area contributed by atoms with Crippen LogP contribution in [0.2, 0.25) is 0 Å². The van der Waals surface area contributed by atoms with Gasteiger partial charge in [-0.3, -0.25) is 4.79 Å². The van der Waals surface area contributed by atoms with Crippen LogP contribution in [0.15, 0.2) is 24.3 Å². The lowest BCUT2D eigenvalue weighted by molar-refractivity contribution is -0.180. The molecule has 0 aliphatic carbocycles. The summed E-state index contributed by atoms with van der Waals surface area (Å²) >= 11 is 0. The second kappa shape index (κ2) is 38.1. The van der Waals surface area contributed by atoms with Crippen LogP contribution in [0, 0.1) is 0 Å². The van der Waals surface area contributed by atoms with Crippen molar-refractivity contribution < 1.29 is 28.6 Å². The van der Waals surface area contributed by atoms with Crippen molar-refractivity contribution >= 4 is 17.9 Å². The van der Waals surface area contributed by atoms with Crippen LogP contribution < -0.4 is 0 Å². The van der Waals surface area contributed by atoms with Crippen molar-refractivity contribution in [2.75, 3.05) is 32.8 Å². The first-order valence-electron chi connectivity index (χ1n) is 22.6. The SMILES string of the molecule is CCCCCCCC/C=C\CCCCCCCCOC(=O)C(OC(=O)CCN1CCCC1)C(=O)OCCCCCCCC/C=C\CCCCCCCC. The Kier molecular flexibility index (Phi) is 35.2. The van der Waals surface area contributed by atoms with Gasteiger partial charge >= 0.3 is 17.9 Å².